The average molecular weight is 284 g/mol. The second kappa shape index (κ2) is 5.54. The molecule has 2 rings (SSSR count). The molecular weight excluding hydrogens is 266 g/mol. The highest BCUT2D eigenvalue weighted by molar-refractivity contribution is 7.92. The number of esters is 1. The summed E-state index contributed by atoms with van der Waals surface area (Å²) in [4.78, 5) is 11.0. The first-order chi connectivity index (χ1) is 7.51. The Kier molecular flexibility index (Phi) is 4.80. The van der Waals surface area contributed by atoms with Crippen LogP contribution in [0.15, 0.2) is 0 Å². The van der Waals surface area contributed by atoms with Crippen molar-refractivity contribution in [3.05, 3.63) is 0 Å². The van der Waals surface area contributed by atoms with E-state index in [-0.39, 0.29) is 17.7 Å². The van der Waals surface area contributed by atoms with Gasteiger partial charge in [-0.1, -0.05) is 0 Å². The van der Waals surface area contributed by atoms with Crippen molar-refractivity contribution in [3.63, 3.8) is 0 Å². The SMILES string of the molecule is COC(=O)CS(=O)(=O)C1CC2CCC(C1)N2.Cl. The third-order valence-electron chi connectivity index (χ3n) is 3.48. The van der Waals surface area contributed by atoms with Crippen LogP contribution in [0.4, 0.5) is 0 Å². The largest absolute Gasteiger partial charge is 0.468 e. The number of methoxy groups -OCH3 is 1. The Morgan fingerprint density at radius 3 is 2.29 bits per heavy atom. The Morgan fingerprint density at radius 2 is 1.82 bits per heavy atom. The molecule has 100 valence electrons. The summed E-state index contributed by atoms with van der Waals surface area (Å²) in [5, 5.41) is 3.01. The number of ether oxygens (including phenoxy) is 1. The van der Waals surface area contributed by atoms with E-state index in [1.165, 1.54) is 7.11 Å². The molecule has 2 fully saturated rings. The van der Waals surface area contributed by atoms with Crippen LogP contribution in [0.1, 0.15) is 25.7 Å². The summed E-state index contributed by atoms with van der Waals surface area (Å²) < 4.78 is 28.3. The van der Waals surface area contributed by atoms with Gasteiger partial charge in [0.25, 0.3) is 0 Å². The van der Waals surface area contributed by atoms with Crippen molar-refractivity contribution < 1.29 is 17.9 Å². The highest BCUT2D eigenvalue weighted by Crippen LogP contribution is 2.30. The summed E-state index contributed by atoms with van der Waals surface area (Å²) in [6.45, 7) is 0. The molecule has 2 heterocycles. The molecule has 2 atom stereocenters. The molecule has 7 heteroatoms. The minimum Gasteiger partial charge on any atom is -0.468 e. The van der Waals surface area contributed by atoms with Crippen molar-refractivity contribution in [2.24, 2.45) is 0 Å². The maximum atomic E-state index is 11.9. The van der Waals surface area contributed by atoms with Gasteiger partial charge < -0.3 is 10.1 Å². The maximum Gasteiger partial charge on any atom is 0.320 e. The van der Waals surface area contributed by atoms with Crippen LogP contribution in [0.5, 0.6) is 0 Å². The molecule has 0 spiro atoms. The Bertz CT molecular complexity index is 372. The molecule has 5 nitrogen and oxygen atoms in total. The molecule has 0 aliphatic carbocycles. The number of carbonyl (C=O) groups excluding carboxylic acids is 1. The molecule has 17 heavy (non-hydrogen) atoms. The number of halogens is 1. The summed E-state index contributed by atoms with van der Waals surface area (Å²) in [6, 6.07) is 0.632. The quantitative estimate of drug-likeness (QED) is 0.753. The van der Waals surface area contributed by atoms with Crippen LogP contribution in [-0.2, 0) is 19.4 Å². The van der Waals surface area contributed by atoms with E-state index in [9.17, 15) is 13.2 Å². The molecule has 0 radical (unpaired) electrons. The second-order valence-corrected chi connectivity index (χ2v) is 6.90. The van der Waals surface area contributed by atoms with Crippen molar-refractivity contribution in [2.75, 3.05) is 12.9 Å². The molecule has 2 unspecified atom stereocenters. The van der Waals surface area contributed by atoms with Gasteiger partial charge in [-0.25, -0.2) is 8.42 Å². The predicted octanol–water partition coefficient (Wildman–Crippen LogP) is 0.279. The molecule has 0 aromatic rings. The first kappa shape index (κ1) is 14.7. The van der Waals surface area contributed by atoms with Gasteiger partial charge in [0.1, 0.15) is 5.75 Å². The topological polar surface area (TPSA) is 72.5 Å². The molecule has 2 aliphatic rings. The minimum atomic E-state index is -3.34. The van der Waals surface area contributed by atoms with Gasteiger partial charge in [0, 0.05) is 12.1 Å². The smallest absolute Gasteiger partial charge is 0.320 e. The highest BCUT2D eigenvalue weighted by Gasteiger charge is 2.40. The van der Waals surface area contributed by atoms with Gasteiger partial charge in [-0.15, -0.1) is 12.4 Å². The number of carbonyl (C=O) groups is 1. The fraction of sp³-hybridized carbons (Fsp3) is 0.900. The second-order valence-electron chi connectivity index (χ2n) is 4.61. The highest BCUT2D eigenvalue weighted by atomic mass is 35.5. The maximum absolute atomic E-state index is 11.9. The van der Waals surface area contributed by atoms with E-state index in [0.29, 0.717) is 24.9 Å². The van der Waals surface area contributed by atoms with Crippen LogP contribution in [0, 0.1) is 0 Å². The Morgan fingerprint density at radius 1 is 1.29 bits per heavy atom. The van der Waals surface area contributed by atoms with Crippen LogP contribution >= 0.6 is 12.4 Å². The van der Waals surface area contributed by atoms with E-state index in [1.807, 2.05) is 0 Å². The van der Waals surface area contributed by atoms with Gasteiger partial charge >= 0.3 is 5.97 Å². The number of piperidine rings is 1. The van der Waals surface area contributed by atoms with Gasteiger partial charge in [0.2, 0.25) is 0 Å². The number of fused-ring (bicyclic) bond motifs is 2. The van der Waals surface area contributed by atoms with Gasteiger partial charge in [0.15, 0.2) is 9.84 Å². The lowest BCUT2D eigenvalue weighted by Crippen LogP contribution is -2.44. The number of nitrogens with one attached hydrogen (secondary N) is 1. The first-order valence-electron chi connectivity index (χ1n) is 5.55. The third kappa shape index (κ3) is 3.33. The number of hydrogen-bond donors (Lipinski definition) is 1. The summed E-state index contributed by atoms with van der Waals surface area (Å²) in [7, 11) is -2.12. The lowest BCUT2D eigenvalue weighted by atomic mass is 10.1. The zero-order valence-electron chi connectivity index (χ0n) is 9.72. The molecule has 1 N–H and O–H groups in total. The van der Waals surface area contributed by atoms with Crippen LogP contribution in [0.3, 0.4) is 0 Å². The van der Waals surface area contributed by atoms with E-state index >= 15 is 0 Å². The molecule has 0 aromatic carbocycles. The molecule has 2 aliphatic heterocycles. The molecule has 2 saturated heterocycles. The predicted molar refractivity (Wildman–Crippen MR) is 66.0 cm³/mol. The Hall–Kier alpha value is -0.330. The van der Waals surface area contributed by atoms with Gasteiger partial charge in [-0.3, -0.25) is 4.79 Å². The van der Waals surface area contributed by atoms with Crippen molar-refractivity contribution in [1.29, 1.82) is 0 Å². The van der Waals surface area contributed by atoms with Crippen LogP contribution < -0.4 is 5.32 Å². The molecule has 2 bridgehead atoms. The Labute approximate surface area is 108 Å². The minimum absolute atomic E-state index is 0. The van der Waals surface area contributed by atoms with Crippen molar-refractivity contribution in [3.8, 4) is 0 Å². The van der Waals surface area contributed by atoms with E-state index in [2.05, 4.69) is 10.1 Å². The monoisotopic (exact) mass is 283 g/mol. The van der Waals surface area contributed by atoms with Gasteiger partial charge in [0.05, 0.1) is 12.4 Å². The van der Waals surface area contributed by atoms with Gasteiger partial charge in [-0.2, -0.15) is 0 Å². The standard InChI is InChI=1S/C10H17NO4S.ClH/c1-15-10(12)6-16(13,14)9-4-7-2-3-8(5-9)11-7;/h7-9,11H,2-6H2,1H3;1H. The van der Waals surface area contributed by atoms with E-state index in [0.717, 1.165) is 12.8 Å². The summed E-state index contributed by atoms with van der Waals surface area (Å²) in [5.74, 6) is -1.14. The summed E-state index contributed by atoms with van der Waals surface area (Å²) in [5.41, 5.74) is 0. The summed E-state index contributed by atoms with van der Waals surface area (Å²) >= 11 is 0. The molecule has 0 amide bonds. The number of rotatable bonds is 3. The number of sulfone groups is 1. The van der Waals surface area contributed by atoms with Crippen LogP contribution in [-0.4, -0.2) is 44.6 Å². The van der Waals surface area contributed by atoms with Gasteiger partial charge in [-0.05, 0) is 25.7 Å². The summed E-state index contributed by atoms with van der Waals surface area (Å²) in [6.07, 6.45) is 3.37. The molecular formula is C10H18ClNO4S. The van der Waals surface area contributed by atoms with E-state index < -0.39 is 21.6 Å². The van der Waals surface area contributed by atoms with E-state index in [1.54, 1.807) is 0 Å². The fourth-order valence-electron chi connectivity index (χ4n) is 2.64. The third-order valence-corrected chi connectivity index (χ3v) is 5.52. The normalized spacial score (nSPS) is 31.7. The van der Waals surface area contributed by atoms with Crippen LogP contribution in [0.25, 0.3) is 0 Å². The lowest BCUT2D eigenvalue weighted by molar-refractivity contribution is -0.137. The fourth-order valence-corrected chi connectivity index (χ4v) is 4.37. The Balaban J connectivity index is 0.00000144. The average Bonchev–Trinajstić information content (AvgIpc) is 2.56. The van der Waals surface area contributed by atoms with Crippen LogP contribution in [0.2, 0.25) is 0 Å². The van der Waals surface area contributed by atoms with E-state index in [4.69, 9.17) is 0 Å². The zero-order valence-corrected chi connectivity index (χ0v) is 11.4. The lowest BCUT2D eigenvalue weighted by Gasteiger charge is -2.28. The first-order valence-corrected chi connectivity index (χ1v) is 7.27. The van der Waals surface area contributed by atoms with Crippen molar-refractivity contribution in [1.82, 2.24) is 5.32 Å². The van der Waals surface area contributed by atoms with Crippen molar-refractivity contribution in [2.45, 2.75) is 43.0 Å². The molecule has 0 saturated carbocycles. The van der Waals surface area contributed by atoms with Crippen molar-refractivity contribution >= 4 is 28.2 Å². The number of hydrogen-bond acceptors (Lipinski definition) is 5. The zero-order chi connectivity index (χ0) is 11.8. The molecule has 0 aromatic heterocycles.